The Hall–Kier alpha value is -3.25. The Bertz CT molecular complexity index is 1460. The monoisotopic (exact) mass is 585 g/mol. The van der Waals surface area contributed by atoms with Crippen LogP contribution in [0, 0.1) is 5.41 Å². The molecule has 1 aliphatic carbocycles. The van der Waals surface area contributed by atoms with Gasteiger partial charge in [-0.25, -0.2) is 4.79 Å². The molecule has 1 saturated carbocycles. The number of rotatable bonds is 9. The van der Waals surface area contributed by atoms with E-state index in [9.17, 15) is 14.1 Å². The predicted molar refractivity (Wildman–Crippen MR) is 156 cm³/mol. The number of nitrogen functional groups attached to an aromatic ring is 1. The fraction of sp³-hybridized carbons (Fsp3) is 0.393. The minimum atomic E-state index is -1.32. The second-order valence-electron chi connectivity index (χ2n) is 10.5. The van der Waals surface area contributed by atoms with E-state index in [4.69, 9.17) is 26.8 Å². The Kier molecular flexibility index (Phi) is 8.27. The molecule has 1 atom stereocenters. The van der Waals surface area contributed by atoms with E-state index in [0.29, 0.717) is 54.9 Å². The molecule has 2 fully saturated rings. The van der Waals surface area contributed by atoms with Crippen LogP contribution >= 0.6 is 11.6 Å². The first-order valence-electron chi connectivity index (χ1n) is 13.0. The molecule has 10 nitrogen and oxygen atoms in total. The summed E-state index contributed by atoms with van der Waals surface area (Å²) in [6.45, 7) is 4.70. The number of anilines is 2. The van der Waals surface area contributed by atoms with Gasteiger partial charge in [-0.1, -0.05) is 30.7 Å². The van der Waals surface area contributed by atoms with Crippen molar-refractivity contribution in [3.05, 3.63) is 75.2 Å². The maximum atomic E-state index is 13.6. The van der Waals surface area contributed by atoms with Crippen molar-refractivity contribution in [3.63, 3.8) is 0 Å². The van der Waals surface area contributed by atoms with Gasteiger partial charge in [0.15, 0.2) is 5.75 Å². The van der Waals surface area contributed by atoms with Crippen molar-refractivity contribution in [2.24, 2.45) is 5.41 Å². The molecule has 2 heterocycles. The molecule has 1 aromatic heterocycles. The van der Waals surface area contributed by atoms with Crippen LogP contribution in [0.25, 0.3) is 5.69 Å². The maximum absolute atomic E-state index is 13.6. The first kappa shape index (κ1) is 28.3. The lowest BCUT2D eigenvalue weighted by molar-refractivity contribution is 0.0602. The number of carbonyl (C=O) groups excluding carboxylic acids is 1. The Morgan fingerprint density at radius 1 is 1.18 bits per heavy atom. The molecule has 2 N–H and O–H groups in total. The Morgan fingerprint density at radius 3 is 2.60 bits per heavy atom. The van der Waals surface area contributed by atoms with Gasteiger partial charge in [-0.15, -0.1) is 4.31 Å². The molecular formula is C28H32ClN5O5S. The summed E-state index contributed by atoms with van der Waals surface area (Å²) in [6, 6.07) is 12.0. The fourth-order valence-corrected chi connectivity index (χ4v) is 5.93. The zero-order valence-electron chi connectivity index (χ0n) is 22.5. The highest BCUT2D eigenvalue weighted by Crippen LogP contribution is 2.45. The average molecular weight is 586 g/mol. The first-order valence-corrected chi connectivity index (χ1v) is 14.7. The Balaban J connectivity index is 1.31. The summed E-state index contributed by atoms with van der Waals surface area (Å²) in [5, 5.41) is 4.94. The smallest absolute Gasteiger partial charge is 0.339 e. The molecule has 2 aromatic carbocycles. The zero-order chi connectivity index (χ0) is 28.4. The number of carbonyl (C=O) groups is 1. The van der Waals surface area contributed by atoms with E-state index < -0.39 is 17.3 Å². The van der Waals surface area contributed by atoms with Gasteiger partial charge in [0.1, 0.15) is 5.69 Å². The average Bonchev–Trinajstić information content (AvgIpc) is 3.69. The number of benzene rings is 2. The molecule has 0 spiro atoms. The standard InChI is InChI=1S/C28H32ClN5O5S/c1-28(8-9-28)18-39-25-24(16-31-34(26(25)35)21-5-3-4-20(29)15-21)32-10-12-33(13-11-32)40(37)17-19-6-7-23(30)22(14-19)27(36)38-2/h3-7,14-16H,8-13,17-18,30H2,1-2H3/t40-/m1/s1. The summed E-state index contributed by atoms with van der Waals surface area (Å²) in [4.78, 5) is 27.6. The summed E-state index contributed by atoms with van der Waals surface area (Å²) in [5.74, 6) is -0.0257. The van der Waals surface area contributed by atoms with Crippen LogP contribution in [-0.2, 0) is 21.9 Å². The second kappa shape index (κ2) is 11.7. The van der Waals surface area contributed by atoms with Crippen LogP contribution in [0.4, 0.5) is 11.4 Å². The summed E-state index contributed by atoms with van der Waals surface area (Å²) >= 11 is 4.84. The van der Waals surface area contributed by atoms with E-state index in [-0.39, 0.29) is 28.0 Å². The molecule has 40 heavy (non-hydrogen) atoms. The normalized spacial score (nSPS) is 17.4. The van der Waals surface area contributed by atoms with Crippen molar-refractivity contribution in [2.75, 3.05) is 50.5 Å². The Labute approximate surface area is 240 Å². The molecule has 0 amide bonds. The van der Waals surface area contributed by atoms with Gasteiger partial charge >= 0.3 is 11.5 Å². The molecule has 2 aliphatic rings. The number of hydrogen-bond donors (Lipinski definition) is 1. The van der Waals surface area contributed by atoms with Gasteiger partial charge in [0.2, 0.25) is 5.75 Å². The van der Waals surface area contributed by atoms with Gasteiger partial charge in [0.05, 0.1) is 44.3 Å². The summed E-state index contributed by atoms with van der Waals surface area (Å²) in [6.07, 6.45) is 3.78. The quantitative estimate of drug-likeness (QED) is 0.228. The van der Waals surface area contributed by atoms with E-state index in [1.807, 2.05) is 9.21 Å². The summed E-state index contributed by atoms with van der Waals surface area (Å²) in [7, 11) is 1.30. The Morgan fingerprint density at radius 2 is 1.93 bits per heavy atom. The van der Waals surface area contributed by atoms with Crippen LogP contribution in [0.1, 0.15) is 35.7 Å². The number of piperazine rings is 1. The first-order chi connectivity index (χ1) is 19.2. The van der Waals surface area contributed by atoms with Crippen molar-refractivity contribution < 1.29 is 18.8 Å². The number of nitrogens with zero attached hydrogens (tertiary/aromatic N) is 4. The topological polar surface area (TPSA) is 126 Å². The molecule has 212 valence electrons. The molecule has 5 rings (SSSR count). The van der Waals surface area contributed by atoms with Crippen molar-refractivity contribution >= 4 is 40.3 Å². The van der Waals surface area contributed by atoms with E-state index in [1.54, 1.807) is 48.7 Å². The van der Waals surface area contributed by atoms with E-state index in [1.165, 1.54) is 11.8 Å². The molecule has 0 unspecified atom stereocenters. The largest absolute Gasteiger partial charge is 0.598 e. The molecule has 0 radical (unpaired) electrons. The third-order valence-corrected chi connectivity index (χ3v) is 9.07. The van der Waals surface area contributed by atoms with E-state index >= 15 is 0 Å². The van der Waals surface area contributed by atoms with Gasteiger partial charge < -0.3 is 24.7 Å². The minimum Gasteiger partial charge on any atom is -0.598 e. The predicted octanol–water partition coefficient (Wildman–Crippen LogP) is 3.42. The maximum Gasteiger partial charge on any atom is 0.339 e. The molecule has 1 aliphatic heterocycles. The highest BCUT2D eigenvalue weighted by atomic mass is 35.5. The minimum absolute atomic E-state index is 0.0826. The van der Waals surface area contributed by atoms with Crippen molar-refractivity contribution in [3.8, 4) is 11.4 Å². The number of nitrogens with two attached hydrogens (primary N) is 1. The van der Waals surface area contributed by atoms with Crippen LogP contribution in [0.2, 0.25) is 5.02 Å². The summed E-state index contributed by atoms with van der Waals surface area (Å²) < 4.78 is 27.3. The SMILES string of the molecule is COC(=O)c1cc(C[S@@+]([O-])N2CCN(c3cnn(-c4cccc(Cl)c4)c(=O)c3OCC3(C)CC3)CC2)ccc1N. The zero-order valence-corrected chi connectivity index (χ0v) is 24.0. The summed E-state index contributed by atoms with van der Waals surface area (Å²) in [5.41, 5.74) is 8.12. The van der Waals surface area contributed by atoms with Crippen LogP contribution in [0.3, 0.4) is 0 Å². The van der Waals surface area contributed by atoms with Crippen LogP contribution in [-0.4, -0.2) is 64.5 Å². The number of ether oxygens (including phenoxy) is 2. The highest BCUT2D eigenvalue weighted by Gasteiger charge is 2.39. The van der Waals surface area contributed by atoms with Gasteiger partial charge in [-0.05, 0) is 43.2 Å². The number of aromatic nitrogens is 2. The van der Waals surface area contributed by atoms with Crippen LogP contribution in [0.5, 0.6) is 5.75 Å². The number of halogens is 1. The third-order valence-electron chi connectivity index (χ3n) is 7.32. The molecular weight excluding hydrogens is 554 g/mol. The lowest BCUT2D eigenvalue weighted by Gasteiger charge is -2.36. The second-order valence-corrected chi connectivity index (χ2v) is 12.3. The molecule has 12 heteroatoms. The lowest BCUT2D eigenvalue weighted by Crippen LogP contribution is -2.49. The molecule has 1 saturated heterocycles. The highest BCUT2D eigenvalue weighted by molar-refractivity contribution is 7.88. The van der Waals surface area contributed by atoms with Crippen LogP contribution in [0.15, 0.2) is 53.5 Å². The third kappa shape index (κ3) is 6.22. The lowest BCUT2D eigenvalue weighted by atomic mass is 10.1. The van der Waals surface area contributed by atoms with E-state index in [0.717, 1.165) is 18.4 Å². The fourth-order valence-electron chi connectivity index (χ4n) is 4.53. The van der Waals surface area contributed by atoms with E-state index in [2.05, 4.69) is 12.0 Å². The van der Waals surface area contributed by atoms with Crippen molar-refractivity contribution in [2.45, 2.75) is 25.5 Å². The molecule has 3 aromatic rings. The van der Waals surface area contributed by atoms with Gasteiger partial charge in [-0.3, -0.25) is 4.79 Å². The number of hydrogen-bond acceptors (Lipinski definition) is 9. The molecule has 0 bridgehead atoms. The van der Waals surface area contributed by atoms with Gasteiger partial charge in [-0.2, -0.15) is 9.78 Å². The van der Waals surface area contributed by atoms with Gasteiger partial charge in [0, 0.05) is 46.1 Å². The number of methoxy groups -OCH3 is 1. The van der Waals surface area contributed by atoms with Gasteiger partial charge in [0.25, 0.3) is 0 Å². The van der Waals surface area contributed by atoms with Crippen LogP contribution < -0.4 is 20.9 Å². The van der Waals surface area contributed by atoms with Crippen molar-refractivity contribution in [1.82, 2.24) is 14.1 Å². The van der Waals surface area contributed by atoms with Crippen molar-refractivity contribution in [1.29, 1.82) is 0 Å². The number of esters is 1.